The maximum absolute atomic E-state index is 13.0. The van der Waals surface area contributed by atoms with Gasteiger partial charge in [0.1, 0.15) is 0 Å². The second-order valence-corrected chi connectivity index (χ2v) is 6.02. The average Bonchev–Trinajstić information content (AvgIpc) is 2.64. The van der Waals surface area contributed by atoms with Crippen molar-refractivity contribution >= 4 is 11.8 Å². The van der Waals surface area contributed by atoms with Crippen LogP contribution in [0.25, 0.3) is 0 Å². The van der Waals surface area contributed by atoms with Gasteiger partial charge in [0, 0.05) is 18.2 Å². The van der Waals surface area contributed by atoms with E-state index in [1.165, 1.54) is 14.2 Å². The van der Waals surface area contributed by atoms with Crippen LogP contribution in [0.1, 0.15) is 43.0 Å². The molecule has 1 aromatic rings. The number of primary amides is 1. The van der Waals surface area contributed by atoms with Gasteiger partial charge in [-0.2, -0.15) is 0 Å². The van der Waals surface area contributed by atoms with Crippen LogP contribution in [0.3, 0.4) is 0 Å². The number of nitrogens with two attached hydrogens (primary N) is 1. The molecule has 1 atom stereocenters. The van der Waals surface area contributed by atoms with Gasteiger partial charge in [-0.1, -0.05) is 6.92 Å². The number of amides is 2. The molecule has 0 bridgehead atoms. The van der Waals surface area contributed by atoms with Gasteiger partial charge in [-0.05, 0) is 37.8 Å². The predicted octanol–water partition coefficient (Wildman–Crippen LogP) is 1.97. The molecule has 2 rings (SSSR count). The molecule has 0 radical (unpaired) electrons. The fourth-order valence-corrected chi connectivity index (χ4v) is 3.15. The van der Waals surface area contributed by atoms with Crippen LogP contribution in [0.15, 0.2) is 12.1 Å². The van der Waals surface area contributed by atoms with Crippen LogP contribution in [0.2, 0.25) is 0 Å². The molecule has 25 heavy (non-hydrogen) atoms. The maximum atomic E-state index is 13.0. The van der Waals surface area contributed by atoms with Crippen molar-refractivity contribution in [1.29, 1.82) is 0 Å². The number of carbonyl (C=O) groups excluding carboxylic acids is 2. The van der Waals surface area contributed by atoms with Gasteiger partial charge < -0.3 is 24.8 Å². The Morgan fingerprint density at radius 2 is 1.84 bits per heavy atom. The summed E-state index contributed by atoms with van der Waals surface area (Å²) in [6.45, 7) is 2.55. The van der Waals surface area contributed by atoms with Crippen LogP contribution in [-0.2, 0) is 4.79 Å². The highest BCUT2D eigenvalue weighted by molar-refractivity contribution is 5.96. The van der Waals surface area contributed by atoms with Crippen LogP contribution >= 0.6 is 0 Å². The first kappa shape index (κ1) is 18.9. The van der Waals surface area contributed by atoms with Crippen LogP contribution in [0, 0.1) is 0 Å². The Bertz CT molecular complexity index is 607. The van der Waals surface area contributed by atoms with Gasteiger partial charge in [-0.3, -0.25) is 9.59 Å². The van der Waals surface area contributed by atoms with Crippen LogP contribution in [0.5, 0.6) is 17.2 Å². The minimum atomic E-state index is -0.608. The fraction of sp³-hybridized carbons (Fsp3) is 0.556. The summed E-state index contributed by atoms with van der Waals surface area (Å²) < 4.78 is 16.0. The third kappa shape index (κ3) is 4.35. The van der Waals surface area contributed by atoms with E-state index in [2.05, 4.69) is 6.92 Å². The number of carbonyl (C=O) groups is 2. The van der Waals surface area contributed by atoms with E-state index in [4.69, 9.17) is 19.9 Å². The van der Waals surface area contributed by atoms with Gasteiger partial charge in [0.2, 0.25) is 5.75 Å². The molecule has 1 fully saturated rings. The van der Waals surface area contributed by atoms with Crippen molar-refractivity contribution in [3.63, 3.8) is 0 Å². The molecule has 1 aromatic carbocycles. The topological polar surface area (TPSA) is 91.1 Å². The largest absolute Gasteiger partial charge is 0.493 e. The van der Waals surface area contributed by atoms with Crippen molar-refractivity contribution in [2.45, 2.75) is 38.6 Å². The lowest BCUT2D eigenvalue weighted by molar-refractivity contribution is -0.120. The summed E-state index contributed by atoms with van der Waals surface area (Å²) in [6.07, 6.45) is 4.11. The van der Waals surface area contributed by atoms with Gasteiger partial charge in [0.25, 0.3) is 11.8 Å². The van der Waals surface area contributed by atoms with Gasteiger partial charge >= 0.3 is 0 Å². The highest BCUT2D eigenvalue weighted by Crippen LogP contribution is 2.39. The van der Waals surface area contributed by atoms with E-state index in [1.807, 2.05) is 4.90 Å². The first-order chi connectivity index (χ1) is 12.0. The van der Waals surface area contributed by atoms with E-state index in [9.17, 15) is 9.59 Å². The van der Waals surface area contributed by atoms with E-state index in [1.54, 1.807) is 12.1 Å². The Morgan fingerprint density at radius 3 is 2.36 bits per heavy atom. The van der Waals surface area contributed by atoms with E-state index in [-0.39, 0.29) is 24.3 Å². The van der Waals surface area contributed by atoms with Crippen molar-refractivity contribution in [3.05, 3.63) is 17.7 Å². The Labute approximate surface area is 148 Å². The lowest BCUT2D eigenvalue weighted by atomic mass is 9.98. The number of benzene rings is 1. The minimum Gasteiger partial charge on any atom is -0.493 e. The van der Waals surface area contributed by atoms with Crippen molar-refractivity contribution in [2.75, 3.05) is 27.4 Å². The second kappa shape index (κ2) is 8.60. The molecule has 0 aromatic heterocycles. The summed E-state index contributed by atoms with van der Waals surface area (Å²) in [5.74, 6) is 0.252. The molecule has 7 nitrogen and oxygen atoms in total. The molecule has 1 aliphatic heterocycles. The van der Waals surface area contributed by atoms with Crippen molar-refractivity contribution < 1.29 is 23.8 Å². The van der Waals surface area contributed by atoms with Gasteiger partial charge in [0.15, 0.2) is 18.1 Å². The van der Waals surface area contributed by atoms with E-state index in [0.29, 0.717) is 17.1 Å². The molecule has 2 amide bonds. The summed E-state index contributed by atoms with van der Waals surface area (Å²) in [6, 6.07) is 3.48. The van der Waals surface area contributed by atoms with Gasteiger partial charge in [0.05, 0.1) is 14.2 Å². The molecule has 0 aliphatic carbocycles. The zero-order valence-electron chi connectivity index (χ0n) is 15.0. The van der Waals surface area contributed by atoms with Gasteiger partial charge in [-0.15, -0.1) is 0 Å². The summed E-state index contributed by atoms with van der Waals surface area (Å²) in [4.78, 5) is 25.9. The van der Waals surface area contributed by atoms with Crippen molar-refractivity contribution in [1.82, 2.24) is 4.90 Å². The van der Waals surface area contributed by atoms with E-state index < -0.39 is 5.91 Å². The van der Waals surface area contributed by atoms with E-state index >= 15 is 0 Å². The Morgan fingerprint density at radius 1 is 1.20 bits per heavy atom. The molecule has 1 aliphatic rings. The normalized spacial score (nSPS) is 17.1. The molecule has 2 N–H and O–H groups in total. The lowest BCUT2D eigenvalue weighted by Crippen LogP contribution is -2.43. The van der Waals surface area contributed by atoms with E-state index in [0.717, 1.165) is 32.2 Å². The summed E-state index contributed by atoms with van der Waals surface area (Å²) >= 11 is 0. The second-order valence-electron chi connectivity index (χ2n) is 6.02. The quantitative estimate of drug-likeness (QED) is 0.812. The van der Waals surface area contributed by atoms with Crippen LogP contribution in [0.4, 0.5) is 0 Å². The SMILES string of the molecule is CC[C@H]1CCCCN1C(=O)c1cc(OC)c(OCC(N)=O)c(OC)c1. The molecular weight excluding hydrogens is 324 g/mol. The average molecular weight is 350 g/mol. The Kier molecular flexibility index (Phi) is 6.50. The maximum Gasteiger partial charge on any atom is 0.255 e. The lowest BCUT2D eigenvalue weighted by Gasteiger charge is -2.35. The first-order valence-corrected chi connectivity index (χ1v) is 8.49. The fourth-order valence-electron chi connectivity index (χ4n) is 3.15. The number of rotatable bonds is 7. The molecular formula is C18H26N2O5. The molecule has 0 spiro atoms. The number of nitrogens with zero attached hydrogens (tertiary/aromatic N) is 1. The van der Waals surface area contributed by atoms with Crippen LogP contribution < -0.4 is 19.9 Å². The number of methoxy groups -OCH3 is 2. The smallest absolute Gasteiger partial charge is 0.255 e. The number of piperidine rings is 1. The Hall–Kier alpha value is -2.44. The monoisotopic (exact) mass is 350 g/mol. The zero-order chi connectivity index (χ0) is 18.4. The molecule has 1 saturated heterocycles. The summed E-state index contributed by atoms with van der Waals surface area (Å²) in [5.41, 5.74) is 5.60. The third-order valence-corrected chi connectivity index (χ3v) is 4.43. The predicted molar refractivity (Wildman–Crippen MR) is 93.2 cm³/mol. The molecule has 0 saturated carbocycles. The first-order valence-electron chi connectivity index (χ1n) is 8.49. The minimum absolute atomic E-state index is 0.0513. The zero-order valence-corrected chi connectivity index (χ0v) is 15.0. The standard InChI is InChI=1S/C18H26N2O5/c1-4-13-7-5-6-8-20(13)18(22)12-9-14(23-2)17(15(10-12)24-3)25-11-16(19)21/h9-10,13H,4-8,11H2,1-3H3,(H2,19,21)/t13-/m0/s1. The third-order valence-electron chi connectivity index (χ3n) is 4.43. The molecule has 138 valence electrons. The number of hydrogen-bond donors (Lipinski definition) is 1. The van der Waals surface area contributed by atoms with Crippen molar-refractivity contribution in [2.24, 2.45) is 5.73 Å². The highest BCUT2D eigenvalue weighted by Gasteiger charge is 2.28. The van der Waals surface area contributed by atoms with Gasteiger partial charge in [-0.25, -0.2) is 0 Å². The molecule has 1 heterocycles. The number of likely N-dealkylation sites (tertiary alicyclic amines) is 1. The summed E-state index contributed by atoms with van der Waals surface area (Å²) in [5, 5.41) is 0. The highest BCUT2D eigenvalue weighted by atomic mass is 16.5. The summed E-state index contributed by atoms with van der Waals surface area (Å²) in [7, 11) is 2.94. The molecule has 0 unspecified atom stereocenters. The number of ether oxygens (including phenoxy) is 3. The Balaban J connectivity index is 2.34. The molecule has 7 heteroatoms. The van der Waals surface area contributed by atoms with Crippen LogP contribution in [-0.4, -0.2) is 50.1 Å². The van der Waals surface area contributed by atoms with Crippen molar-refractivity contribution in [3.8, 4) is 17.2 Å². The number of hydrogen-bond acceptors (Lipinski definition) is 5.